The van der Waals surface area contributed by atoms with E-state index in [0.29, 0.717) is 29.7 Å². The smallest absolute Gasteiger partial charge is 0.230 e. The average Bonchev–Trinajstić information content (AvgIpc) is 3.20. The van der Waals surface area contributed by atoms with E-state index in [2.05, 4.69) is 33.9 Å². The van der Waals surface area contributed by atoms with Crippen molar-refractivity contribution < 1.29 is 4.79 Å². The molecule has 0 bridgehead atoms. The summed E-state index contributed by atoms with van der Waals surface area (Å²) in [5.41, 5.74) is 0. The van der Waals surface area contributed by atoms with Gasteiger partial charge in [-0.05, 0) is 31.1 Å². The molecule has 2 aliphatic carbocycles. The van der Waals surface area contributed by atoms with Crippen LogP contribution in [-0.2, 0) is 4.79 Å². The Morgan fingerprint density at radius 1 is 1.38 bits per heavy atom. The first-order valence-corrected chi connectivity index (χ1v) is 8.95. The van der Waals surface area contributed by atoms with Crippen molar-refractivity contribution in [2.75, 3.05) is 5.75 Å². The standard InChI is InChI=1S/C15H24N4OS/c1-10-4-3-5-13(11(10)2)17-14(20)8-21-15-18-16-9-19(15)12-6-7-12/h9-13H,3-8H2,1-2H3,(H,17,20). The highest BCUT2D eigenvalue weighted by atomic mass is 32.2. The molecule has 2 fully saturated rings. The van der Waals surface area contributed by atoms with E-state index < -0.39 is 0 Å². The van der Waals surface area contributed by atoms with Gasteiger partial charge in [-0.3, -0.25) is 4.79 Å². The lowest BCUT2D eigenvalue weighted by Gasteiger charge is -2.34. The fourth-order valence-electron chi connectivity index (χ4n) is 3.10. The summed E-state index contributed by atoms with van der Waals surface area (Å²) in [7, 11) is 0. The monoisotopic (exact) mass is 308 g/mol. The van der Waals surface area contributed by atoms with Crippen LogP contribution in [0.15, 0.2) is 11.5 Å². The topological polar surface area (TPSA) is 59.8 Å². The number of thioether (sulfide) groups is 1. The Balaban J connectivity index is 1.49. The van der Waals surface area contributed by atoms with Gasteiger partial charge in [0.1, 0.15) is 6.33 Å². The van der Waals surface area contributed by atoms with E-state index in [-0.39, 0.29) is 5.91 Å². The molecule has 2 aliphatic rings. The zero-order chi connectivity index (χ0) is 14.8. The summed E-state index contributed by atoms with van der Waals surface area (Å²) < 4.78 is 2.10. The van der Waals surface area contributed by atoms with E-state index >= 15 is 0 Å². The molecule has 0 spiro atoms. The van der Waals surface area contributed by atoms with Crippen molar-refractivity contribution in [2.24, 2.45) is 11.8 Å². The van der Waals surface area contributed by atoms with Gasteiger partial charge in [-0.1, -0.05) is 38.5 Å². The Morgan fingerprint density at radius 2 is 2.19 bits per heavy atom. The van der Waals surface area contributed by atoms with Crippen LogP contribution in [-0.4, -0.2) is 32.5 Å². The second-order valence-corrected chi connectivity index (χ2v) is 7.42. The molecule has 1 amide bonds. The van der Waals surface area contributed by atoms with Crippen LogP contribution < -0.4 is 5.32 Å². The molecule has 6 heteroatoms. The molecule has 3 unspecified atom stereocenters. The van der Waals surface area contributed by atoms with Crippen LogP contribution >= 0.6 is 11.8 Å². The largest absolute Gasteiger partial charge is 0.352 e. The number of nitrogens with one attached hydrogen (secondary N) is 1. The van der Waals surface area contributed by atoms with Crippen molar-refractivity contribution >= 4 is 17.7 Å². The van der Waals surface area contributed by atoms with Crippen molar-refractivity contribution in [1.82, 2.24) is 20.1 Å². The lowest BCUT2D eigenvalue weighted by molar-refractivity contribution is -0.120. The molecule has 5 nitrogen and oxygen atoms in total. The van der Waals surface area contributed by atoms with Crippen LogP contribution in [0.4, 0.5) is 0 Å². The molecule has 21 heavy (non-hydrogen) atoms. The minimum absolute atomic E-state index is 0.122. The first-order valence-electron chi connectivity index (χ1n) is 7.97. The van der Waals surface area contributed by atoms with E-state index in [1.807, 2.05) is 0 Å². The van der Waals surface area contributed by atoms with Crippen LogP contribution in [0.2, 0.25) is 0 Å². The average molecular weight is 308 g/mol. The number of hydrogen-bond donors (Lipinski definition) is 1. The molecule has 0 aromatic carbocycles. The molecule has 1 aromatic heterocycles. The Bertz CT molecular complexity index is 500. The van der Waals surface area contributed by atoms with Crippen molar-refractivity contribution in [2.45, 2.75) is 63.2 Å². The third-order valence-corrected chi connectivity index (χ3v) is 5.82. The van der Waals surface area contributed by atoms with Crippen molar-refractivity contribution in [3.8, 4) is 0 Å². The number of aromatic nitrogens is 3. The van der Waals surface area contributed by atoms with E-state index in [9.17, 15) is 4.79 Å². The summed E-state index contributed by atoms with van der Waals surface area (Å²) >= 11 is 1.50. The number of rotatable bonds is 5. The number of hydrogen-bond acceptors (Lipinski definition) is 4. The first-order chi connectivity index (χ1) is 10.1. The number of carbonyl (C=O) groups excluding carboxylic acids is 1. The summed E-state index contributed by atoms with van der Waals surface area (Å²) in [5.74, 6) is 1.83. The maximum atomic E-state index is 12.2. The third kappa shape index (κ3) is 3.59. The van der Waals surface area contributed by atoms with E-state index in [0.717, 1.165) is 11.6 Å². The lowest BCUT2D eigenvalue weighted by Crippen LogP contribution is -2.44. The van der Waals surface area contributed by atoms with Gasteiger partial charge in [0.25, 0.3) is 0 Å². The predicted molar refractivity (Wildman–Crippen MR) is 83.1 cm³/mol. The van der Waals surface area contributed by atoms with Gasteiger partial charge in [0.15, 0.2) is 5.16 Å². The molecule has 1 N–H and O–H groups in total. The summed E-state index contributed by atoms with van der Waals surface area (Å²) in [6, 6.07) is 0.896. The van der Waals surface area contributed by atoms with Gasteiger partial charge < -0.3 is 9.88 Å². The molecule has 116 valence electrons. The van der Waals surface area contributed by atoms with Gasteiger partial charge in [-0.2, -0.15) is 0 Å². The Hall–Kier alpha value is -1.04. The summed E-state index contributed by atoms with van der Waals surface area (Å²) in [6.07, 6.45) is 7.81. The highest BCUT2D eigenvalue weighted by Crippen LogP contribution is 2.37. The predicted octanol–water partition coefficient (Wildman–Crippen LogP) is 2.65. The molecule has 0 radical (unpaired) electrons. The van der Waals surface area contributed by atoms with Gasteiger partial charge >= 0.3 is 0 Å². The van der Waals surface area contributed by atoms with Gasteiger partial charge in [0.05, 0.1) is 5.75 Å². The normalized spacial score (nSPS) is 29.3. The summed E-state index contributed by atoms with van der Waals surface area (Å²) in [6.45, 7) is 4.54. The second kappa shape index (κ2) is 6.38. The summed E-state index contributed by atoms with van der Waals surface area (Å²) in [5, 5.41) is 12.2. The number of carbonyl (C=O) groups is 1. The lowest BCUT2D eigenvalue weighted by atomic mass is 9.78. The zero-order valence-corrected chi connectivity index (χ0v) is 13.6. The van der Waals surface area contributed by atoms with Crippen LogP contribution in [0.1, 0.15) is 52.0 Å². The Kier molecular flexibility index (Phi) is 4.52. The van der Waals surface area contributed by atoms with Crippen molar-refractivity contribution in [3.05, 3.63) is 6.33 Å². The van der Waals surface area contributed by atoms with Crippen LogP contribution in [0.5, 0.6) is 0 Å². The molecule has 3 atom stereocenters. The minimum atomic E-state index is 0.122. The van der Waals surface area contributed by atoms with Gasteiger partial charge in [0.2, 0.25) is 5.91 Å². The van der Waals surface area contributed by atoms with E-state index in [4.69, 9.17) is 0 Å². The maximum absolute atomic E-state index is 12.2. The van der Waals surface area contributed by atoms with Crippen molar-refractivity contribution in [3.63, 3.8) is 0 Å². The highest BCUT2D eigenvalue weighted by molar-refractivity contribution is 7.99. The van der Waals surface area contributed by atoms with E-state index in [1.54, 1.807) is 6.33 Å². The van der Waals surface area contributed by atoms with Crippen molar-refractivity contribution in [1.29, 1.82) is 0 Å². The Morgan fingerprint density at radius 3 is 2.95 bits per heavy atom. The second-order valence-electron chi connectivity index (χ2n) is 6.48. The maximum Gasteiger partial charge on any atom is 0.230 e. The highest BCUT2D eigenvalue weighted by Gasteiger charge is 2.29. The quantitative estimate of drug-likeness (QED) is 0.850. The van der Waals surface area contributed by atoms with Crippen LogP contribution in [0.3, 0.4) is 0 Å². The van der Waals surface area contributed by atoms with Gasteiger partial charge in [-0.25, -0.2) is 0 Å². The van der Waals surface area contributed by atoms with Gasteiger partial charge in [-0.15, -0.1) is 10.2 Å². The molecular formula is C15H24N4OS. The minimum Gasteiger partial charge on any atom is -0.352 e. The molecular weight excluding hydrogens is 284 g/mol. The summed E-state index contributed by atoms with van der Waals surface area (Å²) in [4.78, 5) is 12.2. The van der Waals surface area contributed by atoms with E-state index in [1.165, 1.54) is 37.4 Å². The fraction of sp³-hybridized carbons (Fsp3) is 0.800. The molecule has 0 aliphatic heterocycles. The molecule has 2 saturated carbocycles. The zero-order valence-electron chi connectivity index (χ0n) is 12.8. The first kappa shape index (κ1) is 14.9. The SMILES string of the molecule is CC1CCCC(NC(=O)CSc2nncn2C2CC2)C1C. The van der Waals surface area contributed by atoms with Gasteiger partial charge in [0, 0.05) is 12.1 Å². The van der Waals surface area contributed by atoms with Crippen LogP contribution in [0, 0.1) is 11.8 Å². The molecule has 1 aromatic rings. The number of amides is 1. The fourth-order valence-corrected chi connectivity index (χ4v) is 3.90. The third-order valence-electron chi connectivity index (χ3n) is 4.87. The molecule has 3 rings (SSSR count). The Labute approximate surface area is 130 Å². The number of nitrogens with zero attached hydrogens (tertiary/aromatic N) is 3. The van der Waals surface area contributed by atoms with Crippen LogP contribution in [0.25, 0.3) is 0 Å². The molecule has 0 saturated heterocycles. The molecule has 1 heterocycles.